The van der Waals surface area contributed by atoms with Crippen LogP contribution in [0.5, 0.6) is 0 Å². The number of aromatic nitrogens is 1. The third kappa shape index (κ3) is 2.74. The Morgan fingerprint density at radius 3 is 2.78 bits per heavy atom. The molecular weight excluding hydrogens is 244 g/mol. The van der Waals surface area contributed by atoms with E-state index >= 15 is 0 Å². The summed E-state index contributed by atoms with van der Waals surface area (Å²) >= 11 is 1.72. The van der Waals surface area contributed by atoms with Crippen LogP contribution in [-0.4, -0.2) is 23.9 Å². The number of aryl methyl sites for hydroxylation is 1. The van der Waals surface area contributed by atoms with Crippen molar-refractivity contribution in [1.82, 2.24) is 4.98 Å². The van der Waals surface area contributed by atoms with Crippen LogP contribution >= 0.6 is 11.3 Å². The Balaban J connectivity index is 2.19. The zero-order chi connectivity index (χ0) is 13.1. The summed E-state index contributed by atoms with van der Waals surface area (Å²) < 4.78 is 0. The molecule has 1 aromatic heterocycles. The lowest BCUT2D eigenvalue weighted by Gasteiger charge is -2.23. The van der Waals surface area contributed by atoms with Crippen molar-refractivity contribution in [2.45, 2.75) is 46.5 Å². The summed E-state index contributed by atoms with van der Waals surface area (Å²) in [6.07, 6.45) is 3.87. The summed E-state index contributed by atoms with van der Waals surface area (Å²) in [5.41, 5.74) is 0.754. The maximum atomic E-state index is 11.8. The zero-order valence-corrected chi connectivity index (χ0v) is 12.3. The van der Waals surface area contributed by atoms with E-state index in [4.69, 9.17) is 0 Å². The first-order chi connectivity index (χ1) is 8.65. The van der Waals surface area contributed by atoms with Gasteiger partial charge in [0.05, 0.1) is 0 Å². The van der Waals surface area contributed by atoms with Crippen LogP contribution in [0.1, 0.15) is 55.4 Å². The molecule has 0 fully saturated rings. The van der Waals surface area contributed by atoms with Crippen molar-refractivity contribution in [2.24, 2.45) is 5.92 Å². The second kappa shape index (κ2) is 5.83. The first kappa shape index (κ1) is 13.5. The number of fused-ring (bicyclic) bond motifs is 1. The summed E-state index contributed by atoms with van der Waals surface area (Å²) in [4.78, 5) is 19.9. The molecule has 0 saturated heterocycles. The summed E-state index contributed by atoms with van der Waals surface area (Å²) in [7, 11) is 0. The van der Waals surface area contributed by atoms with E-state index < -0.39 is 0 Å². The second-order valence-corrected chi connectivity index (χ2v) is 6.16. The standard InChI is InChI=1S/C14H22N2OS/c1-4-10(3)9-16(5-2)14-15-13-11(17)7-6-8-12(13)18-14/h10H,4-9H2,1-3H3. The Hall–Kier alpha value is -0.900. The quantitative estimate of drug-likeness (QED) is 0.817. The predicted molar refractivity (Wildman–Crippen MR) is 76.7 cm³/mol. The van der Waals surface area contributed by atoms with Gasteiger partial charge in [0, 0.05) is 24.4 Å². The zero-order valence-electron chi connectivity index (χ0n) is 11.5. The maximum absolute atomic E-state index is 11.8. The third-order valence-electron chi connectivity index (χ3n) is 3.64. The number of carbonyl (C=O) groups is 1. The predicted octanol–water partition coefficient (Wildman–Crippen LogP) is 3.53. The molecule has 0 aromatic carbocycles. The number of anilines is 1. The molecule has 1 aliphatic carbocycles. The van der Waals surface area contributed by atoms with Crippen molar-refractivity contribution >= 4 is 22.3 Å². The van der Waals surface area contributed by atoms with Crippen LogP contribution in [0.15, 0.2) is 0 Å². The molecule has 0 saturated carbocycles. The van der Waals surface area contributed by atoms with E-state index in [-0.39, 0.29) is 5.78 Å². The van der Waals surface area contributed by atoms with Gasteiger partial charge in [0.1, 0.15) is 5.69 Å². The summed E-state index contributed by atoms with van der Waals surface area (Å²) in [6.45, 7) is 8.64. The van der Waals surface area contributed by atoms with E-state index in [1.807, 2.05) is 0 Å². The van der Waals surface area contributed by atoms with Crippen LogP contribution in [-0.2, 0) is 6.42 Å². The lowest BCUT2D eigenvalue weighted by Crippen LogP contribution is -2.28. The van der Waals surface area contributed by atoms with Gasteiger partial charge in [0.2, 0.25) is 0 Å². The van der Waals surface area contributed by atoms with Crippen LogP contribution in [0, 0.1) is 5.92 Å². The molecule has 0 spiro atoms. The van der Waals surface area contributed by atoms with Gasteiger partial charge in [-0.05, 0) is 25.7 Å². The molecule has 100 valence electrons. The van der Waals surface area contributed by atoms with E-state index in [9.17, 15) is 4.79 Å². The molecular formula is C14H22N2OS. The summed E-state index contributed by atoms with van der Waals surface area (Å²) in [5.74, 6) is 0.903. The van der Waals surface area contributed by atoms with E-state index in [1.165, 1.54) is 11.3 Å². The topological polar surface area (TPSA) is 33.2 Å². The first-order valence-corrected chi connectivity index (χ1v) is 7.75. The number of ketones is 1. The molecule has 0 bridgehead atoms. The van der Waals surface area contributed by atoms with E-state index in [0.29, 0.717) is 12.3 Å². The molecule has 1 unspecified atom stereocenters. The van der Waals surface area contributed by atoms with Crippen molar-refractivity contribution in [3.05, 3.63) is 10.6 Å². The van der Waals surface area contributed by atoms with Crippen molar-refractivity contribution in [1.29, 1.82) is 0 Å². The van der Waals surface area contributed by atoms with Crippen LogP contribution in [0.3, 0.4) is 0 Å². The second-order valence-electron chi connectivity index (χ2n) is 5.10. The van der Waals surface area contributed by atoms with Gasteiger partial charge in [0.25, 0.3) is 0 Å². The lowest BCUT2D eigenvalue weighted by molar-refractivity contribution is 0.0968. The Bertz CT molecular complexity index is 427. The van der Waals surface area contributed by atoms with Gasteiger partial charge < -0.3 is 4.90 Å². The first-order valence-electron chi connectivity index (χ1n) is 6.93. The minimum absolute atomic E-state index is 0.235. The highest BCUT2D eigenvalue weighted by Gasteiger charge is 2.24. The van der Waals surface area contributed by atoms with Crippen LogP contribution < -0.4 is 4.90 Å². The fourth-order valence-electron chi connectivity index (χ4n) is 2.24. The van der Waals surface area contributed by atoms with Crippen LogP contribution in [0.25, 0.3) is 0 Å². The van der Waals surface area contributed by atoms with E-state index in [2.05, 4.69) is 30.7 Å². The molecule has 4 heteroatoms. The van der Waals surface area contributed by atoms with Gasteiger partial charge in [-0.2, -0.15) is 0 Å². The van der Waals surface area contributed by atoms with Crippen molar-refractivity contribution < 1.29 is 4.79 Å². The molecule has 1 heterocycles. The maximum Gasteiger partial charge on any atom is 0.186 e. The van der Waals surface area contributed by atoms with Crippen LogP contribution in [0.2, 0.25) is 0 Å². The number of Topliss-reactive ketones (excluding diaryl/α,β-unsaturated/α-hetero) is 1. The van der Waals surface area contributed by atoms with Gasteiger partial charge in [0.15, 0.2) is 10.9 Å². The van der Waals surface area contributed by atoms with E-state index in [0.717, 1.165) is 36.8 Å². The van der Waals surface area contributed by atoms with Gasteiger partial charge in [-0.25, -0.2) is 4.98 Å². The van der Waals surface area contributed by atoms with Crippen molar-refractivity contribution in [3.8, 4) is 0 Å². The number of thiazole rings is 1. The number of hydrogen-bond donors (Lipinski definition) is 0. The highest BCUT2D eigenvalue weighted by molar-refractivity contribution is 7.16. The fourth-order valence-corrected chi connectivity index (χ4v) is 3.43. The molecule has 2 rings (SSSR count). The van der Waals surface area contributed by atoms with Gasteiger partial charge in [-0.3, -0.25) is 4.79 Å². The smallest absolute Gasteiger partial charge is 0.186 e. The molecule has 18 heavy (non-hydrogen) atoms. The molecule has 0 aliphatic heterocycles. The SMILES string of the molecule is CCC(C)CN(CC)c1nc2c(s1)CCCC2=O. The Morgan fingerprint density at radius 2 is 2.17 bits per heavy atom. The molecule has 3 nitrogen and oxygen atoms in total. The number of rotatable bonds is 5. The Morgan fingerprint density at radius 1 is 1.39 bits per heavy atom. The highest BCUT2D eigenvalue weighted by atomic mass is 32.1. The monoisotopic (exact) mass is 266 g/mol. The summed E-state index contributed by atoms with van der Waals surface area (Å²) in [5, 5.41) is 1.04. The van der Waals surface area contributed by atoms with E-state index in [1.54, 1.807) is 11.3 Å². The van der Waals surface area contributed by atoms with Crippen molar-refractivity contribution in [2.75, 3.05) is 18.0 Å². The third-order valence-corrected chi connectivity index (χ3v) is 4.82. The number of carbonyl (C=O) groups excluding carboxylic acids is 1. The van der Waals surface area contributed by atoms with Gasteiger partial charge >= 0.3 is 0 Å². The Labute approximate surface area is 113 Å². The molecule has 0 amide bonds. The average Bonchev–Trinajstić information content (AvgIpc) is 2.80. The number of hydrogen-bond acceptors (Lipinski definition) is 4. The highest BCUT2D eigenvalue weighted by Crippen LogP contribution is 2.32. The molecule has 1 aliphatic rings. The number of nitrogens with zero attached hydrogens (tertiary/aromatic N) is 2. The van der Waals surface area contributed by atoms with Crippen LogP contribution in [0.4, 0.5) is 5.13 Å². The Kier molecular flexibility index (Phi) is 4.38. The van der Waals surface area contributed by atoms with Gasteiger partial charge in [-0.1, -0.05) is 20.3 Å². The normalized spacial score (nSPS) is 16.5. The molecule has 0 N–H and O–H groups in total. The molecule has 0 radical (unpaired) electrons. The minimum Gasteiger partial charge on any atom is -0.348 e. The molecule has 1 aromatic rings. The molecule has 1 atom stereocenters. The van der Waals surface area contributed by atoms with Crippen molar-refractivity contribution in [3.63, 3.8) is 0 Å². The lowest BCUT2D eigenvalue weighted by atomic mass is 10.0. The summed E-state index contributed by atoms with van der Waals surface area (Å²) in [6, 6.07) is 0. The van der Waals surface area contributed by atoms with Gasteiger partial charge in [-0.15, -0.1) is 11.3 Å². The fraction of sp³-hybridized carbons (Fsp3) is 0.714. The average molecular weight is 266 g/mol. The largest absolute Gasteiger partial charge is 0.348 e. The minimum atomic E-state index is 0.235.